The third-order valence-corrected chi connectivity index (χ3v) is 5.10. The zero-order chi connectivity index (χ0) is 16.5. The van der Waals surface area contributed by atoms with E-state index in [4.69, 9.17) is 0 Å². The zero-order valence-corrected chi connectivity index (χ0v) is 14.0. The smallest absolute Gasteiger partial charge is 0.237 e. The van der Waals surface area contributed by atoms with Crippen molar-refractivity contribution in [1.29, 1.82) is 0 Å². The summed E-state index contributed by atoms with van der Waals surface area (Å²) in [7, 11) is 0. The highest BCUT2D eigenvalue weighted by atomic mass is 16.2. The number of amides is 1. The lowest BCUT2D eigenvalue weighted by atomic mass is 9.99. The van der Waals surface area contributed by atoms with Crippen molar-refractivity contribution in [3.8, 4) is 0 Å². The Hall–Kier alpha value is -2.21. The van der Waals surface area contributed by atoms with Crippen molar-refractivity contribution in [2.45, 2.75) is 51.4 Å². The molecule has 0 bridgehead atoms. The highest BCUT2D eigenvalue weighted by molar-refractivity contribution is 5.81. The number of nitrogens with zero attached hydrogens (tertiary/aromatic N) is 4. The van der Waals surface area contributed by atoms with E-state index in [9.17, 15) is 4.79 Å². The summed E-state index contributed by atoms with van der Waals surface area (Å²) in [6.07, 6.45) is 5.14. The van der Waals surface area contributed by atoms with Crippen molar-refractivity contribution in [1.82, 2.24) is 25.0 Å². The first-order chi connectivity index (χ1) is 11.7. The van der Waals surface area contributed by atoms with Gasteiger partial charge in [0.2, 0.25) is 5.91 Å². The third kappa shape index (κ3) is 3.06. The van der Waals surface area contributed by atoms with Crippen molar-refractivity contribution in [2.75, 3.05) is 6.54 Å². The van der Waals surface area contributed by atoms with Gasteiger partial charge in [0.1, 0.15) is 6.33 Å². The third-order valence-electron chi connectivity index (χ3n) is 5.10. The first-order valence-corrected chi connectivity index (χ1v) is 8.69. The van der Waals surface area contributed by atoms with Crippen molar-refractivity contribution < 1.29 is 4.79 Å². The van der Waals surface area contributed by atoms with Crippen LogP contribution in [-0.4, -0.2) is 38.2 Å². The molecule has 1 aromatic heterocycles. The van der Waals surface area contributed by atoms with Crippen molar-refractivity contribution in [3.05, 3.63) is 47.5 Å². The molecule has 4 rings (SSSR count). The second-order valence-corrected chi connectivity index (χ2v) is 6.77. The van der Waals surface area contributed by atoms with Gasteiger partial charge in [-0.3, -0.25) is 9.69 Å². The van der Waals surface area contributed by atoms with E-state index < -0.39 is 0 Å². The molecule has 1 N–H and O–H groups in total. The van der Waals surface area contributed by atoms with E-state index in [0.717, 1.165) is 25.3 Å². The Balaban J connectivity index is 1.35. The number of carbonyl (C=O) groups is 1. The maximum absolute atomic E-state index is 12.5. The first kappa shape index (κ1) is 15.3. The summed E-state index contributed by atoms with van der Waals surface area (Å²) in [4.78, 5) is 14.8. The molecule has 0 spiro atoms. The standard InChI is InChI=1S/C18H23N5O/c1-13(22-9-8-14-4-2-3-5-15(14)11-22)18(24)19-10-17-21-20-12-23(17)16-6-7-16/h2-5,12-13,16H,6-11H2,1H3,(H,19,24). The average Bonchev–Trinajstić information content (AvgIpc) is 3.36. The van der Waals surface area contributed by atoms with Gasteiger partial charge in [-0.15, -0.1) is 10.2 Å². The van der Waals surface area contributed by atoms with Gasteiger partial charge in [-0.2, -0.15) is 0 Å². The van der Waals surface area contributed by atoms with Gasteiger partial charge in [-0.1, -0.05) is 24.3 Å². The molecule has 2 aliphatic rings. The number of hydrogen-bond donors (Lipinski definition) is 1. The summed E-state index contributed by atoms with van der Waals surface area (Å²) >= 11 is 0. The molecule has 2 aromatic rings. The molecule has 6 nitrogen and oxygen atoms in total. The van der Waals surface area contributed by atoms with Gasteiger partial charge in [0.25, 0.3) is 0 Å². The minimum absolute atomic E-state index is 0.0553. The van der Waals surface area contributed by atoms with Crippen LogP contribution in [0.2, 0.25) is 0 Å². The van der Waals surface area contributed by atoms with Gasteiger partial charge in [-0.25, -0.2) is 0 Å². The van der Waals surface area contributed by atoms with E-state index in [2.05, 4.69) is 49.2 Å². The highest BCUT2D eigenvalue weighted by Gasteiger charge is 2.28. The van der Waals surface area contributed by atoms with Gasteiger partial charge >= 0.3 is 0 Å². The molecule has 24 heavy (non-hydrogen) atoms. The largest absolute Gasteiger partial charge is 0.347 e. The molecule has 1 aliphatic heterocycles. The predicted octanol–water partition coefficient (Wildman–Crippen LogP) is 1.68. The van der Waals surface area contributed by atoms with Gasteiger partial charge in [0.15, 0.2) is 5.82 Å². The van der Waals surface area contributed by atoms with E-state index in [0.29, 0.717) is 12.6 Å². The Morgan fingerprint density at radius 2 is 2.12 bits per heavy atom. The van der Waals surface area contributed by atoms with Crippen LogP contribution in [0.25, 0.3) is 0 Å². The Labute approximate surface area is 141 Å². The fourth-order valence-corrected chi connectivity index (χ4v) is 3.38. The average molecular weight is 325 g/mol. The molecule has 6 heteroatoms. The van der Waals surface area contributed by atoms with Crippen LogP contribution >= 0.6 is 0 Å². The Morgan fingerprint density at radius 3 is 2.92 bits per heavy atom. The summed E-state index contributed by atoms with van der Waals surface area (Å²) in [5.74, 6) is 0.904. The summed E-state index contributed by atoms with van der Waals surface area (Å²) in [6.45, 7) is 4.19. The molecule has 2 heterocycles. The number of carbonyl (C=O) groups excluding carboxylic acids is 1. The number of fused-ring (bicyclic) bond motifs is 1. The second kappa shape index (κ2) is 6.36. The summed E-state index contributed by atoms with van der Waals surface area (Å²) in [6, 6.07) is 8.88. The topological polar surface area (TPSA) is 63.1 Å². The van der Waals surface area contributed by atoms with Gasteiger partial charge < -0.3 is 9.88 Å². The van der Waals surface area contributed by atoms with Crippen LogP contribution in [0.1, 0.15) is 42.8 Å². The molecular formula is C18H23N5O. The summed E-state index contributed by atoms with van der Waals surface area (Å²) < 4.78 is 2.09. The molecule has 126 valence electrons. The van der Waals surface area contributed by atoms with Gasteiger partial charge in [-0.05, 0) is 37.3 Å². The van der Waals surface area contributed by atoms with Crippen LogP contribution in [0.15, 0.2) is 30.6 Å². The Kier molecular flexibility index (Phi) is 4.06. The maximum atomic E-state index is 12.5. The van der Waals surface area contributed by atoms with E-state index >= 15 is 0 Å². The number of hydrogen-bond acceptors (Lipinski definition) is 4. The molecule has 1 fully saturated rings. The molecule has 1 amide bonds. The highest BCUT2D eigenvalue weighted by Crippen LogP contribution is 2.35. The van der Waals surface area contributed by atoms with Crippen LogP contribution in [0.5, 0.6) is 0 Å². The lowest BCUT2D eigenvalue weighted by Crippen LogP contribution is -2.47. The second-order valence-electron chi connectivity index (χ2n) is 6.77. The van der Waals surface area contributed by atoms with Gasteiger partial charge in [0.05, 0.1) is 12.6 Å². The SMILES string of the molecule is CC(C(=O)NCc1nncn1C1CC1)N1CCc2ccccc2C1. The van der Waals surface area contributed by atoms with Gasteiger partial charge in [0, 0.05) is 19.1 Å². The van der Waals surface area contributed by atoms with E-state index in [1.54, 1.807) is 6.33 Å². The van der Waals surface area contributed by atoms with Crippen LogP contribution in [0, 0.1) is 0 Å². The maximum Gasteiger partial charge on any atom is 0.237 e. The fourth-order valence-electron chi connectivity index (χ4n) is 3.38. The van der Waals surface area contributed by atoms with Crippen LogP contribution in [-0.2, 0) is 24.3 Å². The number of rotatable bonds is 5. The molecule has 1 aromatic carbocycles. The summed E-state index contributed by atoms with van der Waals surface area (Å²) in [5.41, 5.74) is 2.73. The molecular weight excluding hydrogens is 302 g/mol. The van der Waals surface area contributed by atoms with Crippen molar-refractivity contribution in [3.63, 3.8) is 0 Å². The molecule has 0 saturated heterocycles. The monoisotopic (exact) mass is 325 g/mol. The van der Waals surface area contributed by atoms with Crippen molar-refractivity contribution in [2.24, 2.45) is 0 Å². The van der Waals surface area contributed by atoms with Crippen LogP contribution in [0.4, 0.5) is 0 Å². The molecule has 1 unspecified atom stereocenters. The quantitative estimate of drug-likeness (QED) is 0.908. The molecule has 1 saturated carbocycles. The van der Waals surface area contributed by atoms with Crippen molar-refractivity contribution >= 4 is 5.91 Å². The Morgan fingerprint density at radius 1 is 1.33 bits per heavy atom. The molecule has 0 radical (unpaired) electrons. The zero-order valence-electron chi connectivity index (χ0n) is 14.0. The van der Waals surface area contributed by atoms with E-state index in [1.165, 1.54) is 24.0 Å². The predicted molar refractivity (Wildman–Crippen MR) is 90.2 cm³/mol. The number of nitrogens with one attached hydrogen (secondary N) is 1. The molecule has 1 atom stereocenters. The minimum atomic E-state index is -0.143. The molecule has 1 aliphatic carbocycles. The van der Waals surface area contributed by atoms with E-state index in [1.807, 2.05) is 6.92 Å². The van der Waals surface area contributed by atoms with Crippen LogP contribution in [0.3, 0.4) is 0 Å². The normalized spacial score (nSPS) is 18.9. The first-order valence-electron chi connectivity index (χ1n) is 8.69. The Bertz CT molecular complexity index is 737. The summed E-state index contributed by atoms with van der Waals surface area (Å²) in [5, 5.41) is 11.1. The number of aromatic nitrogens is 3. The number of benzene rings is 1. The van der Waals surface area contributed by atoms with Crippen LogP contribution < -0.4 is 5.32 Å². The fraction of sp³-hybridized carbons (Fsp3) is 0.500. The van der Waals surface area contributed by atoms with E-state index in [-0.39, 0.29) is 11.9 Å². The minimum Gasteiger partial charge on any atom is -0.347 e. The lowest BCUT2D eigenvalue weighted by Gasteiger charge is -2.32. The lowest BCUT2D eigenvalue weighted by molar-refractivity contribution is -0.126.